The van der Waals surface area contributed by atoms with Gasteiger partial charge < -0.3 is 0 Å². The summed E-state index contributed by atoms with van der Waals surface area (Å²) in [7, 11) is 0. The van der Waals surface area contributed by atoms with Crippen LogP contribution in [-0.2, 0) is 0 Å². The third-order valence-corrected chi connectivity index (χ3v) is 13.7. The summed E-state index contributed by atoms with van der Waals surface area (Å²) in [6.45, 7) is 0. The van der Waals surface area contributed by atoms with E-state index in [4.69, 9.17) is 0 Å². The van der Waals surface area contributed by atoms with Crippen LogP contribution in [0, 0.1) is 0 Å². The highest BCUT2D eigenvalue weighted by Crippen LogP contribution is 2.47. The van der Waals surface area contributed by atoms with Crippen molar-refractivity contribution < 1.29 is 0 Å². The van der Waals surface area contributed by atoms with Gasteiger partial charge in [0.1, 0.15) is 0 Å². The van der Waals surface area contributed by atoms with Crippen LogP contribution in [0.3, 0.4) is 0 Å². The molecule has 54 heavy (non-hydrogen) atoms. The van der Waals surface area contributed by atoms with Crippen LogP contribution < -0.4 is 0 Å². The zero-order valence-electron chi connectivity index (χ0n) is 29.1. The molecule has 12 rings (SSSR count). The quantitative estimate of drug-likeness (QED) is 0.160. The monoisotopic (exact) mass is 718 g/mol. The lowest BCUT2D eigenvalue weighted by Crippen LogP contribution is -1.91. The molecule has 0 aliphatic heterocycles. The van der Waals surface area contributed by atoms with Crippen LogP contribution in [0.2, 0.25) is 0 Å². The molecule has 250 valence electrons. The van der Waals surface area contributed by atoms with Gasteiger partial charge in [0.15, 0.2) is 0 Å². The summed E-state index contributed by atoms with van der Waals surface area (Å²) in [6.07, 6.45) is 0. The summed E-state index contributed by atoms with van der Waals surface area (Å²) < 4.78 is 5.37. The lowest BCUT2D eigenvalue weighted by Gasteiger charge is -2.18. The summed E-state index contributed by atoms with van der Waals surface area (Å²) in [5.74, 6) is 0. The predicted octanol–water partition coefficient (Wildman–Crippen LogP) is 16.0. The van der Waals surface area contributed by atoms with Gasteiger partial charge in [-0.25, -0.2) is 0 Å². The Morgan fingerprint density at radius 1 is 0.241 bits per heavy atom. The molecule has 10 aromatic carbocycles. The fourth-order valence-electron chi connectivity index (χ4n) is 8.94. The molecular formula is C52H30S2. The van der Waals surface area contributed by atoms with Gasteiger partial charge in [-0.15, -0.1) is 22.7 Å². The molecule has 0 atom stereocenters. The van der Waals surface area contributed by atoms with E-state index in [0.29, 0.717) is 0 Å². The second-order valence-corrected chi connectivity index (χ2v) is 16.6. The summed E-state index contributed by atoms with van der Waals surface area (Å²) in [5, 5.41) is 15.7. The van der Waals surface area contributed by atoms with Gasteiger partial charge >= 0.3 is 0 Å². The summed E-state index contributed by atoms with van der Waals surface area (Å²) in [4.78, 5) is 0. The van der Waals surface area contributed by atoms with Gasteiger partial charge in [-0.3, -0.25) is 0 Å². The first-order chi connectivity index (χ1) is 26.7. The predicted molar refractivity (Wildman–Crippen MR) is 239 cm³/mol. The maximum absolute atomic E-state index is 2.45. The maximum atomic E-state index is 2.45. The fourth-order valence-corrected chi connectivity index (χ4v) is 11.2. The number of hydrogen-bond acceptors (Lipinski definition) is 2. The SMILES string of the molecule is c1ccc(-c2ccc3ccc(-c4c5ccccc5c(-c5ccc6c(c5)sc5ccc7cc8sc9ccccc9c8cc7c56)c5ccccc45)cc3c2)cc1. The van der Waals surface area contributed by atoms with Crippen molar-refractivity contribution in [3.8, 4) is 33.4 Å². The Balaban J connectivity index is 1.07. The molecule has 0 bridgehead atoms. The number of fused-ring (bicyclic) bond motifs is 11. The summed E-state index contributed by atoms with van der Waals surface area (Å²) in [6, 6.07) is 67.9. The first kappa shape index (κ1) is 30.2. The topological polar surface area (TPSA) is 0 Å². The summed E-state index contributed by atoms with van der Waals surface area (Å²) in [5.41, 5.74) is 7.57. The Kier molecular flexibility index (Phi) is 6.48. The third-order valence-electron chi connectivity index (χ3n) is 11.4. The van der Waals surface area contributed by atoms with Gasteiger partial charge in [-0.1, -0.05) is 140 Å². The van der Waals surface area contributed by atoms with Crippen LogP contribution in [-0.4, -0.2) is 0 Å². The standard InChI is InChI=1S/C52H30S2/c1-2-10-31(11-3-1)33-20-18-32-19-21-35(27-37(32)26-33)50-39-13-4-6-15-41(39)51(42-16-7-5-14-40(42)50)36-22-24-43-48(29-36)54-47-25-23-34-28-49-45(30-44(34)52(43)47)38-12-8-9-17-46(38)53-49/h1-30H. The van der Waals surface area contributed by atoms with Gasteiger partial charge in [0.05, 0.1) is 0 Å². The maximum Gasteiger partial charge on any atom is 0.0361 e. The van der Waals surface area contributed by atoms with Crippen LogP contribution >= 0.6 is 22.7 Å². The normalized spacial score (nSPS) is 12.1. The largest absolute Gasteiger partial charge is 0.135 e. The first-order valence-electron chi connectivity index (χ1n) is 18.5. The minimum atomic E-state index is 1.24. The Bertz CT molecular complexity index is 3430. The second-order valence-electron chi connectivity index (χ2n) is 14.4. The van der Waals surface area contributed by atoms with Gasteiger partial charge in [0.2, 0.25) is 0 Å². The Morgan fingerprint density at radius 3 is 1.54 bits per heavy atom. The highest BCUT2D eigenvalue weighted by Gasteiger charge is 2.19. The first-order valence-corrected chi connectivity index (χ1v) is 20.1. The van der Waals surface area contributed by atoms with Crippen molar-refractivity contribution in [3.63, 3.8) is 0 Å². The average molecular weight is 719 g/mol. The molecule has 0 unspecified atom stereocenters. The minimum absolute atomic E-state index is 1.24. The molecule has 12 aromatic rings. The van der Waals surface area contributed by atoms with Crippen molar-refractivity contribution in [3.05, 3.63) is 182 Å². The van der Waals surface area contributed by atoms with Crippen LogP contribution in [0.15, 0.2) is 182 Å². The lowest BCUT2D eigenvalue weighted by molar-refractivity contribution is 1.64. The van der Waals surface area contributed by atoms with E-state index in [1.54, 1.807) is 0 Å². The van der Waals surface area contributed by atoms with E-state index in [1.807, 2.05) is 22.7 Å². The highest BCUT2D eigenvalue weighted by molar-refractivity contribution is 7.26. The van der Waals surface area contributed by atoms with Crippen molar-refractivity contribution in [1.82, 2.24) is 0 Å². The molecule has 0 aliphatic rings. The molecule has 2 heteroatoms. The molecule has 0 aliphatic carbocycles. The van der Waals surface area contributed by atoms with Gasteiger partial charge in [-0.2, -0.15) is 0 Å². The van der Waals surface area contributed by atoms with E-state index in [1.165, 1.54) is 117 Å². The molecule has 0 saturated heterocycles. The molecule has 0 fully saturated rings. The van der Waals surface area contributed by atoms with Crippen LogP contribution in [0.5, 0.6) is 0 Å². The number of hydrogen-bond donors (Lipinski definition) is 0. The smallest absolute Gasteiger partial charge is 0.0361 e. The van der Waals surface area contributed by atoms with Crippen molar-refractivity contribution in [2.45, 2.75) is 0 Å². The van der Waals surface area contributed by atoms with Crippen molar-refractivity contribution >= 4 is 106 Å². The van der Waals surface area contributed by atoms with E-state index in [9.17, 15) is 0 Å². The average Bonchev–Trinajstić information content (AvgIpc) is 3.79. The van der Waals surface area contributed by atoms with E-state index in [2.05, 4.69) is 182 Å². The van der Waals surface area contributed by atoms with Crippen molar-refractivity contribution in [2.24, 2.45) is 0 Å². The molecule has 0 spiro atoms. The van der Waals surface area contributed by atoms with Gasteiger partial charge in [0, 0.05) is 40.3 Å². The lowest BCUT2D eigenvalue weighted by atomic mass is 9.85. The van der Waals surface area contributed by atoms with E-state index in [-0.39, 0.29) is 0 Å². The number of benzene rings is 10. The van der Waals surface area contributed by atoms with Crippen LogP contribution in [0.1, 0.15) is 0 Å². The third kappa shape index (κ3) is 4.48. The Morgan fingerprint density at radius 2 is 0.796 bits per heavy atom. The van der Waals surface area contributed by atoms with Crippen molar-refractivity contribution in [1.29, 1.82) is 0 Å². The second kappa shape index (κ2) is 11.6. The molecule has 2 aromatic heterocycles. The Labute approximate surface area is 319 Å². The van der Waals surface area contributed by atoms with Gasteiger partial charge in [0.25, 0.3) is 0 Å². The minimum Gasteiger partial charge on any atom is -0.135 e. The van der Waals surface area contributed by atoms with E-state index in [0.717, 1.165) is 0 Å². The molecule has 0 saturated carbocycles. The fraction of sp³-hybridized carbons (Fsp3) is 0. The number of rotatable bonds is 3. The van der Waals surface area contributed by atoms with Crippen LogP contribution in [0.25, 0.3) is 117 Å². The van der Waals surface area contributed by atoms with E-state index >= 15 is 0 Å². The molecule has 0 nitrogen and oxygen atoms in total. The summed E-state index contributed by atoms with van der Waals surface area (Å²) >= 11 is 3.80. The highest BCUT2D eigenvalue weighted by atomic mass is 32.1. The van der Waals surface area contributed by atoms with E-state index < -0.39 is 0 Å². The Hall–Kier alpha value is -6.32. The molecule has 0 amide bonds. The van der Waals surface area contributed by atoms with Crippen LogP contribution in [0.4, 0.5) is 0 Å². The molecular weight excluding hydrogens is 689 g/mol. The zero-order valence-corrected chi connectivity index (χ0v) is 30.8. The molecule has 2 heterocycles. The molecule has 0 radical (unpaired) electrons. The van der Waals surface area contributed by atoms with Gasteiger partial charge in [-0.05, 0) is 119 Å². The zero-order chi connectivity index (χ0) is 35.3. The molecule has 0 N–H and O–H groups in total. The number of thiophene rings is 2. The van der Waals surface area contributed by atoms with Crippen molar-refractivity contribution in [2.75, 3.05) is 0 Å².